The number of hydrazine groups is 3. The van der Waals surface area contributed by atoms with Crippen LogP contribution < -0.4 is 32.6 Å². The van der Waals surface area contributed by atoms with Crippen LogP contribution in [0.15, 0.2) is 40.6 Å². The average Bonchev–Trinajstić information content (AvgIpc) is 3.57. The predicted molar refractivity (Wildman–Crippen MR) is 151 cm³/mol. The van der Waals surface area contributed by atoms with Crippen molar-refractivity contribution in [1.82, 2.24) is 20.2 Å². The van der Waals surface area contributed by atoms with Crippen molar-refractivity contribution in [1.29, 1.82) is 0 Å². The van der Waals surface area contributed by atoms with Gasteiger partial charge in [-0.1, -0.05) is 20.4 Å². The Bertz CT molecular complexity index is 873. The number of rotatable bonds is 7. The third-order valence-electron chi connectivity index (χ3n) is 6.11. The molecular weight excluding hydrogens is 475 g/mol. The Morgan fingerprint density at radius 2 is 2.00 bits per heavy atom. The van der Waals surface area contributed by atoms with Crippen molar-refractivity contribution in [3.8, 4) is 5.75 Å². The third kappa shape index (κ3) is 10.3. The number of nitrogens with two attached hydrogens (primary N) is 3. The van der Waals surface area contributed by atoms with Crippen molar-refractivity contribution in [2.75, 3.05) is 52.4 Å². The molecule has 2 atom stereocenters. The molecule has 0 spiro atoms. The van der Waals surface area contributed by atoms with E-state index >= 15 is 0 Å². The van der Waals surface area contributed by atoms with E-state index in [4.69, 9.17) is 22.3 Å². The molecule has 2 fully saturated rings. The molecule has 12 heteroatoms. The van der Waals surface area contributed by atoms with E-state index in [1.807, 2.05) is 20.9 Å². The molecule has 2 saturated heterocycles. The van der Waals surface area contributed by atoms with E-state index in [1.54, 1.807) is 24.2 Å². The number of likely N-dealkylation sites (N-methyl/N-ethyl adjacent to an activating group) is 2. The number of anilines is 1. The van der Waals surface area contributed by atoms with Crippen LogP contribution >= 0.6 is 0 Å². The molecule has 1 aromatic carbocycles. The van der Waals surface area contributed by atoms with Gasteiger partial charge in [0.1, 0.15) is 5.82 Å². The molecule has 210 valence electrons. The molecule has 7 N–H and O–H groups in total. The minimum atomic E-state index is -0.529. The maximum Gasteiger partial charge on any atom is 0.241 e. The number of aliphatic imine (C=N–C) groups is 2. The standard InChI is InChI=1S/C18H28FN7O.C5H13N3.C2H6/c1-5-22-18(25(20)12-15-7-6-10-24(15)3)23-13(2)26(21)14-8-9-17(27-4)16(19)11-14;1-8(6)5-2-3-7-4-5;1-2/h5,8-9,11,15H,2,6-7,10,12,20-21H2,1,3-4H3;5,7H,2-4,6H2,1H3;1-2H3/b22-5-,23-18+;;. The lowest BCUT2D eigenvalue weighted by Gasteiger charge is -2.26. The van der Waals surface area contributed by atoms with E-state index < -0.39 is 5.82 Å². The molecule has 0 radical (unpaired) electrons. The number of hydrogen-bond donors (Lipinski definition) is 4. The molecule has 0 aliphatic carbocycles. The van der Waals surface area contributed by atoms with Gasteiger partial charge in [-0.15, -0.1) is 0 Å². The number of hydrogen-bond acceptors (Lipinski definition) is 9. The minimum absolute atomic E-state index is 0.131. The summed E-state index contributed by atoms with van der Waals surface area (Å²) in [5, 5.41) is 7.67. The number of guanidine groups is 1. The fourth-order valence-electron chi connectivity index (χ4n) is 3.91. The van der Waals surface area contributed by atoms with Crippen LogP contribution in [0.1, 0.15) is 40.0 Å². The number of methoxy groups -OCH3 is 1. The summed E-state index contributed by atoms with van der Waals surface area (Å²) in [7, 11) is 5.38. The molecule has 37 heavy (non-hydrogen) atoms. The summed E-state index contributed by atoms with van der Waals surface area (Å²) in [5.41, 5.74) is 0.376. The lowest BCUT2D eigenvalue weighted by atomic mass is 10.2. The van der Waals surface area contributed by atoms with Gasteiger partial charge < -0.3 is 15.0 Å². The zero-order valence-corrected chi connectivity index (χ0v) is 23.3. The summed E-state index contributed by atoms with van der Waals surface area (Å²) < 4.78 is 18.8. The summed E-state index contributed by atoms with van der Waals surface area (Å²) >= 11 is 0. The van der Waals surface area contributed by atoms with E-state index in [0.29, 0.717) is 24.3 Å². The average molecular weight is 523 g/mol. The van der Waals surface area contributed by atoms with Gasteiger partial charge in [-0.2, -0.15) is 4.99 Å². The third-order valence-corrected chi connectivity index (χ3v) is 6.11. The second-order valence-electron chi connectivity index (χ2n) is 8.65. The van der Waals surface area contributed by atoms with Gasteiger partial charge in [0, 0.05) is 38.0 Å². The van der Waals surface area contributed by atoms with Crippen LogP contribution in [0.2, 0.25) is 0 Å². The van der Waals surface area contributed by atoms with Crippen LogP contribution in [0, 0.1) is 5.82 Å². The summed E-state index contributed by atoms with van der Waals surface area (Å²) in [5.74, 6) is 17.8. The molecule has 1 aromatic rings. The number of ether oxygens (including phenoxy) is 1. The first-order chi connectivity index (χ1) is 17.7. The van der Waals surface area contributed by atoms with Gasteiger partial charge in [-0.3, -0.25) is 15.9 Å². The summed E-state index contributed by atoms with van der Waals surface area (Å²) in [6, 6.07) is 5.24. The molecule has 2 heterocycles. The van der Waals surface area contributed by atoms with Crippen LogP contribution in [0.4, 0.5) is 10.1 Å². The molecule has 3 rings (SSSR count). The molecule has 11 nitrogen and oxygen atoms in total. The molecule has 0 aromatic heterocycles. The van der Waals surface area contributed by atoms with Gasteiger partial charge in [-0.05, 0) is 58.5 Å². The molecule has 2 aliphatic rings. The fourth-order valence-corrected chi connectivity index (χ4v) is 3.91. The fraction of sp³-hybridized carbons (Fsp3) is 0.600. The first-order valence-electron chi connectivity index (χ1n) is 12.7. The number of halogens is 1. The largest absolute Gasteiger partial charge is 0.494 e. The Morgan fingerprint density at radius 1 is 1.30 bits per heavy atom. The van der Waals surface area contributed by atoms with E-state index in [1.165, 1.54) is 35.7 Å². The van der Waals surface area contributed by atoms with Crippen LogP contribution in [0.3, 0.4) is 0 Å². The van der Waals surface area contributed by atoms with Crippen LogP contribution in [-0.2, 0) is 0 Å². The zero-order chi connectivity index (χ0) is 28.0. The van der Waals surface area contributed by atoms with Crippen molar-refractivity contribution in [2.45, 2.75) is 52.1 Å². The topological polar surface area (TPSA) is 137 Å². The Balaban J connectivity index is 0.000000574. The SMILES string of the molecule is C=C(/N=C(\N=C/C)N(N)CC1CCCN1C)N(N)c1ccc(OC)c(F)c1.CC.CN(N)C1CCNC1. The van der Waals surface area contributed by atoms with Gasteiger partial charge >= 0.3 is 0 Å². The van der Waals surface area contributed by atoms with Gasteiger partial charge in [0.05, 0.1) is 19.3 Å². The molecule has 0 saturated carbocycles. The second-order valence-corrected chi connectivity index (χ2v) is 8.65. The highest BCUT2D eigenvalue weighted by Crippen LogP contribution is 2.24. The van der Waals surface area contributed by atoms with E-state index in [0.717, 1.165) is 32.5 Å². The molecule has 2 aliphatic heterocycles. The molecular formula is C25H47FN10O. The van der Waals surface area contributed by atoms with Crippen LogP contribution in [0.5, 0.6) is 5.75 Å². The highest BCUT2D eigenvalue weighted by Gasteiger charge is 2.24. The summed E-state index contributed by atoms with van der Waals surface area (Å²) in [4.78, 5) is 10.8. The normalized spacial score (nSPS) is 19.8. The quantitative estimate of drug-likeness (QED) is 0.183. The highest BCUT2D eigenvalue weighted by atomic mass is 19.1. The lowest BCUT2D eigenvalue weighted by Crippen LogP contribution is -2.45. The Hall–Kier alpha value is -2.61. The first kappa shape index (κ1) is 32.4. The Morgan fingerprint density at radius 3 is 2.46 bits per heavy atom. The van der Waals surface area contributed by atoms with Gasteiger partial charge in [0.2, 0.25) is 5.96 Å². The monoisotopic (exact) mass is 522 g/mol. The van der Waals surface area contributed by atoms with Crippen molar-refractivity contribution in [3.05, 3.63) is 36.4 Å². The molecule has 0 amide bonds. The molecule has 2 unspecified atom stereocenters. The van der Waals surface area contributed by atoms with Gasteiger partial charge in [0.25, 0.3) is 0 Å². The number of likely N-dealkylation sites (tertiary alicyclic amines) is 1. The smallest absolute Gasteiger partial charge is 0.241 e. The maximum absolute atomic E-state index is 13.9. The van der Waals surface area contributed by atoms with Crippen molar-refractivity contribution in [2.24, 2.45) is 27.5 Å². The van der Waals surface area contributed by atoms with Gasteiger partial charge in [0.15, 0.2) is 11.6 Å². The van der Waals surface area contributed by atoms with E-state index in [9.17, 15) is 4.39 Å². The maximum atomic E-state index is 13.9. The number of nitrogens with zero attached hydrogens (tertiary/aromatic N) is 6. The van der Waals surface area contributed by atoms with Crippen molar-refractivity contribution in [3.63, 3.8) is 0 Å². The molecule has 0 bridgehead atoms. The number of benzene rings is 1. The van der Waals surface area contributed by atoms with Crippen molar-refractivity contribution < 1.29 is 9.13 Å². The van der Waals surface area contributed by atoms with Crippen molar-refractivity contribution >= 4 is 17.9 Å². The van der Waals surface area contributed by atoms with E-state index in [-0.39, 0.29) is 17.5 Å². The number of nitrogens with one attached hydrogen (secondary N) is 1. The zero-order valence-electron chi connectivity index (χ0n) is 23.3. The van der Waals surface area contributed by atoms with Gasteiger partial charge in [-0.25, -0.2) is 26.1 Å². The predicted octanol–water partition coefficient (Wildman–Crippen LogP) is 1.88. The van der Waals surface area contributed by atoms with Crippen LogP contribution in [0.25, 0.3) is 0 Å². The Labute approximate surface area is 221 Å². The summed E-state index contributed by atoms with van der Waals surface area (Å²) in [6.07, 6.45) is 5.00. The minimum Gasteiger partial charge on any atom is -0.494 e. The highest BCUT2D eigenvalue weighted by molar-refractivity contribution is 5.87. The lowest BCUT2D eigenvalue weighted by molar-refractivity contribution is 0.253. The summed E-state index contributed by atoms with van der Waals surface area (Å²) in [6.45, 7) is 13.4. The second kappa shape index (κ2) is 17.0. The van der Waals surface area contributed by atoms with E-state index in [2.05, 4.69) is 33.8 Å². The Kier molecular flexibility index (Phi) is 14.9. The van der Waals surface area contributed by atoms with Crippen LogP contribution in [-0.4, -0.2) is 86.6 Å². The first-order valence-corrected chi connectivity index (χ1v) is 12.7.